The fraction of sp³-hybridized carbons (Fsp3) is 0. The van der Waals surface area contributed by atoms with E-state index in [1.807, 2.05) is 0 Å². The average Bonchev–Trinajstić information content (AvgIpc) is 2.88. The number of hydrogen-bond acceptors (Lipinski definition) is 5. The minimum atomic E-state index is -1.69. The molecule has 0 bridgehead atoms. The monoisotopic (exact) mass is 256 g/mol. The Kier molecular flexibility index (Phi) is 2.70. The first-order valence-corrected chi connectivity index (χ1v) is 5.60. The smallest absolute Gasteiger partial charge is 0.461 e. The molecule has 0 unspecified atom stereocenters. The van der Waals surface area contributed by atoms with Crippen LogP contribution in [0.1, 0.15) is 0 Å². The Morgan fingerprint density at radius 3 is 2.68 bits per heavy atom. The van der Waals surface area contributed by atoms with Gasteiger partial charge in [0.1, 0.15) is 5.66 Å². The fourth-order valence-electron chi connectivity index (χ4n) is 1.82. The minimum Gasteiger partial charge on any atom is -0.461 e. The molecule has 2 aromatic heterocycles. The van der Waals surface area contributed by atoms with E-state index >= 15 is 0 Å². The quantitative estimate of drug-likeness (QED) is 0.554. The molecule has 19 heavy (non-hydrogen) atoms. The summed E-state index contributed by atoms with van der Waals surface area (Å²) in [6, 6.07) is 9.86. The topological polar surface area (TPSA) is 99.4 Å². The number of hydrogen-bond donors (Lipinski definition) is 3. The Morgan fingerprint density at radius 1 is 1.16 bits per heavy atom. The zero-order valence-electron chi connectivity index (χ0n) is 9.70. The van der Waals surface area contributed by atoms with Gasteiger partial charge in [0.2, 0.25) is 0 Å². The van der Waals surface area contributed by atoms with Crippen LogP contribution in [0.5, 0.6) is 0 Å². The Balaban J connectivity index is 2.17. The molecule has 0 atom stereocenters. The predicted octanol–water partition coefficient (Wildman–Crippen LogP) is -0.137. The molecule has 0 radical (unpaired) electrons. The molecule has 1 aromatic carbocycles. The maximum atomic E-state index is 11.9. The lowest BCUT2D eigenvalue weighted by molar-refractivity contribution is 0.410. The molecule has 3 aromatic rings. The van der Waals surface area contributed by atoms with Crippen molar-refractivity contribution in [2.45, 2.75) is 0 Å². The number of nitrogens with zero attached hydrogens (tertiary/aromatic N) is 1. The summed E-state index contributed by atoms with van der Waals surface area (Å²) in [6.07, 6.45) is 0. The van der Waals surface area contributed by atoms with Crippen molar-refractivity contribution in [3.8, 4) is 11.6 Å². The van der Waals surface area contributed by atoms with Crippen LogP contribution in [0.3, 0.4) is 0 Å². The third kappa shape index (κ3) is 2.05. The Labute approximate surface area is 107 Å². The van der Waals surface area contributed by atoms with Crippen LogP contribution < -0.4 is 11.2 Å². The highest BCUT2D eigenvalue weighted by molar-refractivity contribution is 6.57. The molecule has 3 N–H and O–H groups in total. The zero-order chi connectivity index (χ0) is 13.4. The van der Waals surface area contributed by atoms with E-state index in [9.17, 15) is 4.79 Å². The number of furan rings is 1. The molecule has 94 valence electrons. The van der Waals surface area contributed by atoms with Crippen LogP contribution in [-0.4, -0.2) is 27.1 Å². The van der Waals surface area contributed by atoms with E-state index in [-0.39, 0.29) is 22.8 Å². The Morgan fingerprint density at radius 2 is 1.95 bits per heavy atom. The van der Waals surface area contributed by atoms with Gasteiger partial charge in [-0.3, -0.25) is 4.79 Å². The molecule has 6 nitrogen and oxygen atoms in total. The summed E-state index contributed by atoms with van der Waals surface area (Å²) in [5.74, 6) is 0.515. The van der Waals surface area contributed by atoms with Gasteiger partial charge in [0.15, 0.2) is 11.6 Å². The van der Waals surface area contributed by atoms with E-state index in [1.165, 1.54) is 12.1 Å². The van der Waals surface area contributed by atoms with Crippen molar-refractivity contribution in [2.75, 3.05) is 0 Å². The molecule has 3 rings (SSSR count). The van der Waals surface area contributed by atoms with Crippen LogP contribution in [0.4, 0.5) is 0 Å². The molecule has 0 spiro atoms. The predicted molar refractivity (Wildman–Crippen MR) is 69.9 cm³/mol. The fourth-order valence-corrected chi connectivity index (χ4v) is 1.82. The average molecular weight is 256 g/mol. The highest BCUT2D eigenvalue weighted by Crippen LogP contribution is 2.15. The third-order valence-corrected chi connectivity index (χ3v) is 2.73. The molecular formula is C12H9BN2O4. The lowest BCUT2D eigenvalue weighted by atomic mass is 9.88. The Bertz CT molecular complexity index is 794. The van der Waals surface area contributed by atoms with E-state index in [0.29, 0.717) is 10.9 Å². The summed E-state index contributed by atoms with van der Waals surface area (Å²) < 4.78 is 5.20. The summed E-state index contributed by atoms with van der Waals surface area (Å²) in [7, 11) is -1.69. The molecule has 7 heteroatoms. The van der Waals surface area contributed by atoms with Crippen LogP contribution in [0.2, 0.25) is 0 Å². The summed E-state index contributed by atoms with van der Waals surface area (Å²) in [5, 5.41) is 18.4. The number of nitrogens with one attached hydrogen (secondary N) is 1. The van der Waals surface area contributed by atoms with Gasteiger partial charge in [-0.2, -0.15) is 0 Å². The standard InChI is InChI=1S/C12H9BN2O4/c16-12-7-3-1-2-4-8(7)14-11(15-12)9-5-6-10(19-9)13(17)18/h1-6,17-18H,(H,14,15,16). The van der Waals surface area contributed by atoms with Gasteiger partial charge < -0.3 is 19.4 Å². The van der Waals surface area contributed by atoms with Crippen molar-refractivity contribution in [3.05, 3.63) is 46.8 Å². The summed E-state index contributed by atoms with van der Waals surface area (Å²) in [6.45, 7) is 0. The van der Waals surface area contributed by atoms with Gasteiger partial charge in [0, 0.05) is 0 Å². The van der Waals surface area contributed by atoms with Crippen molar-refractivity contribution < 1.29 is 14.5 Å². The van der Waals surface area contributed by atoms with Crippen molar-refractivity contribution in [3.63, 3.8) is 0 Å². The van der Waals surface area contributed by atoms with Crippen molar-refractivity contribution >= 4 is 23.7 Å². The van der Waals surface area contributed by atoms with Gasteiger partial charge in [-0.15, -0.1) is 0 Å². The Hall–Kier alpha value is -2.38. The van der Waals surface area contributed by atoms with Gasteiger partial charge in [-0.05, 0) is 24.3 Å². The van der Waals surface area contributed by atoms with Gasteiger partial charge >= 0.3 is 7.12 Å². The summed E-state index contributed by atoms with van der Waals surface area (Å²) in [4.78, 5) is 18.7. The molecule has 0 aliphatic carbocycles. The number of para-hydroxylation sites is 1. The van der Waals surface area contributed by atoms with Crippen LogP contribution in [0.15, 0.2) is 45.6 Å². The minimum absolute atomic E-state index is 0.00851. The molecule has 0 fully saturated rings. The normalized spacial score (nSPS) is 10.8. The van der Waals surface area contributed by atoms with Gasteiger partial charge in [-0.1, -0.05) is 12.1 Å². The summed E-state index contributed by atoms with van der Waals surface area (Å²) >= 11 is 0. The number of rotatable bonds is 2. The number of fused-ring (bicyclic) bond motifs is 1. The van der Waals surface area contributed by atoms with E-state index in [1.54, 1.807) is 24.3 Å². The second kappa shape index (κ2) is 4.38. The summed E-state index contributed by atoms with van der Waals surface area (Å²) in [5.41, 5.74) is 0.262. The van der Waals surface area contributed by atoms with Gasteiger partial charge in [0.25, 0.3) is 5.56 Å². The van der Waals surface area contributed by atoms with Crippen LogP contribution in [0, 0.1) is 0 Å². The van der Waals surface area contributed by atoms with E-state index in [0.717, 1.165) is 0 Å². The first-order chi connectivity index (χ1) is 9.15. The molecule has 0 aliphatic rings. The van der Waals surface area contributed by atoms with Gasteiger partial charge in [-0.25, -0.2) is 4.98 Å². The molecule has 0 saturated heterocycles. The van der Waals surface area contributed by atoms with Crippen LogP contribution >= 0.6 is 0 Å². The first kappa shape index (κ1) is 11.7. The lowest BCUT2D eigenvalue weighted by Gasteiger charge is -2.00. The third-order valence-electron chi connectivity index (χ3n) is 2.73. The van der Waals surface area contributed by atoms with E-state index in [4.69, 9.17) is 14.5 Å². The van der Waals surface area contributed by atoms with E-state index < -0.39 is 7.12 Å². The SMILES string of the molecule is O=c1[nH]c(-c2ccc(B(O)O)o2)nc2ccccc12. The molecule has 0 amide bonds. The number of aromatic nitrogens is 2. The highest BCUT2D eigenvalue weighted by Gasteiger charge is 2.17. The number of H-pyrrole nitrogens is 1. The molecule has 0 saturated carbocycles. The largest absolute Gasteiger partial charge is 0.526 e. The van der Waals surface area contributed by atoms with Crippen molar-refractivity contribution in [2.24, 2.45) is 0 Å². The number of aromatic amines is 1. The second-order valence-corrected chi connectivity index (χ2v) is 4.01. The molecule has 2 heterocycles. The zero-order valence-corrected chi connectivity index (χ0v) is 9.70. The highest BCUT2D eigenvalue weighted by atomic mass is 16.4. The van der Waals surface area contributed by atoms with E-state index in [2.05, 4.69) is 9.97 Å². The second-order valence-electron chi connectivity index (χ2n) is 4.01. The van der Waals surface area contributed by atoms with Crippen LogP contribution in [-0.2, 0) is 0 Å². The van der Waals surface area contributed by atoms with Crippen molar-refractivity contribution in [1.82, 2.24) is 9.97 Å². The molecular weight excluding hydrogens is 247 g/mol. The van der Waals surface area contributed by atoms with Gasteiger partial charge in [0.05, 0.1) is 10.9 Å². The van der Waals surface area contributed by atoms with Crippen molar-refractivity contribution in [1.29, 1.82) is 0 Å². The number of benzene rings is 1. The maximum absolute atomic E-state index is 11.9. The first-order valence-electron chi connectivity index (χ1n) is 5.60. The maximum Gasteiger partial charge on any atom is 0.526 e. The lowest BCUT2D eigenvalue weighted by Crippen LogP contribution is -2.27. The molecule has 0 aliphatic heterocycles. The van der Waals surface area contributed by atoms with Crippen LogP contribution in [0.25, 0.3) is 22.5 Å².